The summed E-state index contributed by atoms with van der Waals surface area (Å²) in [5.74, 6) is -0.568. The second-order valence-corrected chi connectivity index (χ2v) is 6.33. The van der Waals surface area contributed by atoms with Gasteiger partial charge in [-0.15, -0.1) is 0 Å². The molecule has 0 aromatic heterocycles. The maximum Gasteiger partial charge on any atom is 0.263 e. The molecule has 1 aromatic rings. The lowest BCUT2D eigenvalue weighted by molar-refractivity contribution is -0.149. The molecule has 1 aliphatic heterocycles. The van der Waals surface area contributed by atoms with Gasteiger partial charge in [-0.1, -0.05) is 30.3 Å². The van der Waals surface area contributed by atoms with E-state index in [4.69, 9.17) is 4.84 Å². The third kappa shape index (κ3) is 4.45. The Morgan fingerprint density at radius 3 is 2.81 bits per heavy atom. The first-order chi connectivity index (χ1) is 10.1. The minimum absolute atomic E-state index is 0.117. The molecule has 6 nitrogen and oxygen atoms in total. The van der Waals surface area contributed by atoms with Gasteiger partial charge in [-0.25, -0.2) is 5.48 Å². The van der Waals surface area contributed by atoms with Crippen LogP contribution in [0.1, 0.15) is 12.0 Å². The number of nitrogens with one attached hydrogen (secondary N) is 1. The number of amides is 2. The molecule has 1 aromatic carbocycles. The number of carbonyl (C=O) groups excluding carboxylic acids is 2. The number of carbonyl (C=O) groups is 2. The fraction of sp³-hybridized carbons (Fsp3) is 0.429. The monoisotopic (exact) mass is 310 g/mol. The molecule has 0 saturated carbocycles. The quantitative estimate of drug-likeness (QED) is 0.338. The van der Waals surface area contributed by atoms with Crippen LogP contribution in [0.15, 0.2) is 30.3 Å². The standard InChI is InChI=1S/C14H18N2O4S/c1-21(19)14-9-13(18)16(14)10-12(17)15-20-8-7-11-5-3-2-4-6-11/h2-6,14H,7-10H2,1H3,(H,15,17). The van der Waals surface area contributed by atoms with Gasteiger partial charge >= 0.3 is 0 Å². The van der Waals surface area contributed by atoms with Crippen LogP contribution in [0.4, 0.5) is 0 Å². The van der Waals surface area contributed by atoms with Gasteiger partial charge in [-0.3, -0.25) is 19.3 Å². The highest BCUT2D eigenvalue weighted by molar-refractivity contribution is 7.91. The lowest BCUT2D eigenvalue weighted by atomic mass is 10.2. The second kappa shape index (κ2) is 7.44. The van der Waals surface area contributed by atoms with Gasteiger partial charge in [0.25, 0.3) is 5.91 Å². The van der Waals surface area contributed by atoms with Crippen molar-refractivity contribution < 1.29 is 19.0 Å². The van der Waals surface area contributed by atoms with E-state index < -0.39 is 17.1 Å². The number of hydrogen-bond donors (Lipinski definition) is 1. The minimum atomic E-state index is -1.14. The van der Waals surface area contributed by atoms with Crippen molar-refractivity contribution in [1.82, 2.24) is 10.4 Å². The molecule has 2 rings (SSSR count). The summed E-state index contributed by atoms with van der Waals surface area (Å²) in [6, 6.07) is 9.77. The minimum Gasteiger partial charge on any atom is -0.615 e. The Bertz CT molecular complexity index is 495. The lowest BCUT2D eigenvalue weighted by Gasteiger charge is -2.38. The van der Waals surface area contributed by atoms with Crippen LogP contribution in [0.5, 0.6) is 0 Å². The van der Waals surface area contributed by atoms with Crippen LogP contribution in [-0.4, -0.2) is 46.0 Å². The number of likely N-dealkylation sites (tertiary alicyclic amines) is 1. The van der Waals surface area contributed by atoms with Crippen molar-refractivity contribution >= 4 is 23.0 Å². The van der Waals surface area contributed by atoms with Crippen LogP contribution >= 0.6 is 0 Å². The average molecular weight is 310 g/mol. The molecule has 1 aliphatic rings. The third-order valence-corrected chi connectivity index (χ3v) is 4.42. The first-order valence-corrected chi connectivity index (χ1v) is 8.26. The predicted molar refractivity (Wildman–Crippen MR) is 78.4 cm³/mol. The molecular formula is C14H18N2O4S. The molecule has 0 radical (unpaired) electrons. The summed E-state index contributed by atoms with van der Waals surface area (Å²) < 4.78 is 11.3. The topological polar surface area (TPSA) is 81.7 Å². The van der Waals surface area contributed by atoms with Crippen LogP contribution in [0.2, 0.25) is 0 Å². The van der Waals surface area contributed by atoms with Crippen LogP contribution in [0.25, 0.3) is 0 Å². The first-order valence-electron chi connectivity index (χ1n) is 6.64. The van der Waals surface area contributed by atoms with E-state index in [-0.39, 0.29) is 24.2 Å². The molecule has 2 atom stereocenters. The highest BCUT2D eigenvalue weighted by Crippen LogP contribution is 2.22. The summed E-state index contributed by atoms with van der Waals surface area (Å²) in [5, 5.41) is -0.354. The fourth-order valence-corrected chi connectivity index (χ4v) is 2.97. The summed E-state index contributed by atoms with van der Waals surface area (Å²) in [7, 11) is 0. The van der Waals surface area contributed by atoms with Crippen molar-refractivity contribution in [3.05, 3.63) is 35.9 Å². The highest BCUT2D eigenvalue weighted by atomic mass is 32.2. The zero-order chi connectivity index (χ0) is 15.2. The molecule has 0 aliphatic carbocycles. The Hall–Kier alpha value is -1.57. The van der Waals surface area contributed by atoms with Gasteiger partial charge in [0.05, 0.1) is 19.3 Å². The Morgan fingerprint density at radius 1 is 1.48 bits per heavy atom. The number of rotatable bonds is 7. The van der Waals surface area contributed by atoms with Crippen molar-refractivity contribution in [2.24, 2.45) is 0 Å². The Kier molecular flexibility index (Phi) is 5.60. The highest BCUT2D eigenvalue weighted by Gasteiger charge is 2.43. The Labute approximate surface area is 126 Å². The molecule has 21 heavy (non-hydrogen) atoms. The van der Waals surface area contributed by atoms with Crippen molar-refractivity contribution in [3.63, 3.8) is 0 Å². The van der Waals surface area contributed by atoms with Crippen molar-refractivity contribution in [2.75, 3.05) is 19.4 Å². The third-order valence-electron chi connectivity index (χ3n) is 3.24. The van der Waals surface area contributed by atoms with E-state index in [9.17, 15) is 14.1 Å². The van der Waals surface area contributed by atoms with E-state index >= 15 is 0 Å². The Balaban J connectivity index is 1.65. The van der Waals surface area contributed by atoms with E-state index in [1.165, 1.54) is 11.2 Å². The zero-order valence-electron chi connectivity index (χ0n) is 11.8. The van der Waals surface area contributed by atoms with Gasteiger partial charge in [-0.2, -0.15) is 0 Å². The van der Waals surface area contributed by atoms with Crippen molar-refractivity contribution in [2.45, 2.75) is 18.2 Å². The first kappa shape index (κ1) is 15.8. The van der Waals surface area contributed by atoms with Crippen LogP contribution in [0, 0.1) is 0 Å². The van der Waals surface area contributed by atoms with Crippen molar-refractivity contribution in [1.29, 1.82) is 0 Å². The SMILES string of the molecule is C[S+]([O-])C1CC(=O)N1CC(=O)NOCCc1ccccc1. The normalized spacial score (nSPS) is 19.0. The molecule has 2 amide bonds. The largest absolute Gasteiger partial charge is 0.615 e. The number of hydroxylamine groups is 1. The second-order valence-electron chi connectivity index (χ2n) is 4.79. The molecule has 114 valence electrons. The molecular weight excluding hydrogens is 292 g/mol. The number of nitrogens with zero attached hydrogens (tertiary/aromatic N) is 1. The van der Waals surface area contributed by atoms with Crippen LogP contribution < -0.4 is 5.48 Å². The van der Waals surface area contributed by atoms with Gasteiger partial charge in [0, 0.05) is 0 Å². The molecule has 1 saturated heterocycles. The van der Waals surface area contributed by atoms with Gasteiger partial charge in [-0.05, 0) is 23.2 Å². The summed E-state index contributed by atoms with van der Waals surface area (Å²) in [6.45, 7) is 0.237. The Morgan fingerprint density at radius 2 is 2.19 bits per heavy atom. The fourth-order valence-electron chi connectivity index (χ4n) is 2.04. The van der Waals surface area contributed by atoms with Gasteiger partial charge < -0.3 is 4.55 Å². The number of hydrogen-bond acceptors (Lipinski definition) is 4. The predicted octanol–water partition coefficient (Wildman–Crippen LogP) is 0.214. The molecule has 7 heteroatoms. The maximum atomic E-state index is 11.6. The molecule has 1 N–H and O–H groups in total. The van der Waals surface area contributed by atoms with Crippen molar-refractivity contribution in [3.8, 4) is 0 Å². The molecule has 0 spiro atoms. The van der Waals surface area contributed by atoms with E-state index in [0.717, 1.165) is 5.56 Å². The summed E-state index contributed by atoms with van der Waals surface area (Å²) in [5.41, 5.74) is 3.42. The van der Waals surface area contributed by atoms with Gasteiger partial charge in [0.15, 0.2) is 5.37 Å². The molecule has 1 heterocycles. The van der Waals surface area contributed by atoms with Gasteiger partial charge in [0.2, 0.25) is 5.91 Å². The average Bonchev–Trinajstić information content (AvgIpc) is 2.47. The lowest BCUT2D eigenvalue weighted by Crippen LogP contribution is -2.58. The van der Waals surface area contributed by atoms with E-state index in [1.807, 2.05) is 30.3 Å². The smallest absolute Gasteiger partial charge is 0.263 e. The summed E-state index contributed by atoms with van der Waals surface area (Å²) in [6.07, 6.45) is 2.45. The van der Waals surface area contributed by atoms with E-state index in [1.54, 1.807) is 0 Å². The van der Waals surface area contributed by atoms with Crippen LogP contribution in [0.3, 0.4) is 0 Å². The van der Waals surface area contributed by atoms with E-state index in [2.05, 4.69) is 5.48 Å². The number of β-lactam (4-membered cyclic amide) rings is 1. The summed E-state index contributed by atoms with van der Waals surface area (Å²) >= 11 is -1.14. The van der Waals surface area contributed by atoms with E-state index in [0.29, 0.717) is 13.0 Å². The van der Waals surface area contributed by atoms with Crippen LogP contribution in [-0.2, 0) is 32.0 Å². The zero-order valence-corrected chi connectivity index (χ0v) is 12.6. The maximum absolute atomic E-state index is 11.6. The van der Waals surface area contributed by atoms with Gasteiger partial charge in [0.1, 0.15) is 6.54 Å². The molecule has 0 bridgehead atoms. The molecule has 2 unspecified atom stereocenters. The number of benzene rings is 1. The summed E-state index contributed by atoms with van der Waals surface area (Å²) in [4.78, 5) is 29.4. The molecule has 1 fully saturated rings.